The maximum atomic E-state index is 4.16. The van der Waals surface area contributed by atoms with E-state index < -0.39 is 0 Å². The summed E-state index contributed by atoms with van der Waals surface area (Å²) in [5.41, 5.74) is 2.32. The first-order chi connectivity index (χ1) is 8.38. The Hall–Kier alpha value is -2.10. The van der Waals surface area contributed by atoms with Gasteiger partial charge in [-0.15, -0.1) is 0 Å². The monoisotopic (exact) mass is 228 g/mol. The van der Waals surface area contributed by atoms with E-state index in [9.17, 15) is 0 Å². The van der Waals surface area contributed by atoms with Gasteiger partial charge in [-0.1, -0.05) is 6.07 Å². The first-order valence-corrected chi connectivity index (χ1v) is 5.65. The number of hydrogen-bond acceptors (Lipinski definition) is 4. The van der Waals surface area contributed by atoms with Gasteiger partial charge in [0, 0.05) is 43.9 Å². The van der Waals surface area contributed by atoms with E-state index in [2.05, 4.69) is 26.7 Å². The van der Waals surface area contributed by atoms with Gasteiger partial charge in [0.2, 0.25) is 0 Å². The van der Waals surface area contributed by atoms with E-state index in [1.54, 1.807) is 12.4 Å². The van der Waals surface area contributed by atoms with Crippen LogP contribution in [0.25, 0.3) is 0 Å². The molecule has 17 heavy (non-hydrogen) atoms. The molecule has 88 valence electrons. The van der Waals surface area contributed by atoms with E-state index in [-0.39, 0.29) is 0 Å². The molecule has 0 unspecified atom stereocenters. The largest absolute Gasteiger partial charge is 0.385 e. The normalized spacial score (nSPS) is 9.94. The zero-order valence-corrected chi connectivity index (χ0v) is 9.85. The van der Waals surface area contributed by atoms with Gasteiger partial charge < -0.3 is 10.6 Å². The first-order valence-electron chi connectivity index (χ1n) is 5.65. The Morgan fingerprint density at radius 2 is 2.18 bits per heavy atom. The van der Waals surface area contributed by atoms with Crippen molar-refractivity contribution >= 4 is 11.5 Å². The van der Waals surface area contributed by atoms with E-state index in [0.29, 0.717) is 0 Å². The van der Waals surface area contributed by atoms with Gasteiger partial charge in [0.1, 0.15) is 5.82 Å². The molecule has 2 aromatic rings. The summed E-state index contributed by atoms with van der Waals surface area (Å²) in [5.74, 6) is 0.872. The smallest absolute Gasteiger partial charge is 0.127 e. The number of aromatic nitrogens is 2. The first kappa shape index (κ1) is 11.4. The molecule has 0 aliphatic heterocycles. The quantitative estimate of drug-likeness (QED) is 0.823. The molecule has 0 saturated carbocycles. The number of pyridine rings is 2. The Balaban J connectivity index is 1.86. The number of nitrogens with one attached hydrogen (secondary N) is 2. The van der Waals surface area contributed by atoms with Gasteiger partial charge in [-0.25, -0.2) is 4.98 Å². The summed E-state index contributed by atoms with van der Waals surface area (Å²) in [6.45, 7) is 0.888. The Morgan fingerprint density at radius 1 is 1.24 bits per heavy atom. The van der Waals surface area contributed by atoms with Crippen LogP contribution in [-0.2, 0) is 6.42 Å². The highest BCUT2D eigenvalue weighted by atomic mass is 15.0. The van der Waals surface area contributed by atoms with Gasteiger partial charge >= 0.3 is 0 Å². The molecule has 0 atom stereocenters. The minimum absolute atomic E-state index is 0.872. The number of anilines is 2. The van der Waals surface area contributed by atoms with Crippen LogP contribution in [0.4, 0.5) is 11.5 Å². The van der Waals surface area contributed by atoms with Crippen LogP contribution in [0.2, 0.25) is 0 Å². The molecule has 4 heteroatoms. The summed E-state index contributed by atoms with van der Waals surface area (Å²) in [6, 6.07) is 7.99. The molecule has 0 aliphatic rings. The Bertz CT molecular complexity index is 456. The van der Waals surface area contributed by atoms with Crippen molar-refractivity contribution in [1.82, 2.24) is 9.97 Å². The lowest BCUT2D eigenvalue weighted by molar-refractivity contribution is 1.00. The Kier molecular flexibility index (Phi) is 3.91. The molecule has 4 nitrogen and oxygen atoms in total. The SMILES string of the molecule is CNc1cc(NCCc2cccnc2)ccn1. The fourth-order valence-corrected chi connectivity index (χ4v) is 1.57. The van der Waals surface area contributed by atoms with Crippen molar-refractivity contribution in [3.05, 3.63) is 48.4 Å². The van der Waals surface area contributed by atoms with E-state index >= 15 is 0 Å². The minimum Gasteiger partial charge on any atom is -0.385 e. The number of hydrogen-bond donors (Lipinski definition) is 2. The van der Waals surface area contributed by atoms with Crippen molar-refractivity contribution in [3.8, 4) is 0 Å². The summed E-state index contributed by atoms with van der Waals surface area (Å²) < 4.78 is 0. The predicted octanol–water partition coefficient (Wildman–Crippen LogP) is 2.17. The molecule has 2 aromatic heterocycles. The molecule has 0 fully saturated rings. The molecule has 0 radical (unpaired) electrons. The second kappa shape index (κ2) is 5.84. The molecule has 2 rings (SSSR count). The highest BCUT2D eigenvalue weighted by Crippen LogP contribution is 2.11. The molecule has 0 amide bonds. The maximum absolute atomic E-state index is 4.16. The zero-order valence-electron chi connectivity index (χ0n) is 9.85. The van der Waals surface area contributed by atoms with Crippen LogP contribution in [0.1, 0.15) is 5.56 Å². The van der Waals surface area contributed by atoms with E-state index in [0.717, 1.165) is 24.5 Å². The van der Waals surface area contributed by atoms with Gasteiger partial charge in [-0.2, -0.15) is 0 Å². The molecule has 0 aromatic carbocycles. The molecule has 0 aliphatic carbocycles. The third kappa shape index (κ3) is 3.45. The van der Waals surface area contributed by atoms with Gasteiger partial charge in [0.15, 0.2) is 0 Å². The van der Waals surface area contributed by atoms with Crippen molar-refractivity contribution < 1.29 is 0 Å². The second-order valence-electron chi connectivity index (χ2n) is 3.72. The lowest BCUT2D eigenvalue weighted by Gasteiger charge is -2.07. The average molecular weight is 228 g/mol. The topological polar surface area (TPSA) is 49.8 Å². The highest BCUT2D eigenvalue weighted by molar-refractivity contribution is 5.51. The van der Waals surface area contributed by atoms with Gasteiger partial charge in [-0.3, -0.25) is 4.98 Å². The standard InChI is InChI=1S/C13H16N4/c1-14-13-9-12(5-8-17-13)16-7-4-11-3-2-6-15-10-11/h2-3,5-6,8-10H,4,7H2,1H3,(H2,14,16,17). The summed E-state index contributed by atoms with van der Waals surface area (Å²) in [5, 5.41) is 6.37. The van der Waals surface area contributed by atoms with Gasteiger partial charge in [-0.05, 0) is 24.1 Å². The van der Waals surface area contributed by atoms with Crippen LogP contribution in [0, 0.1) is 0 Å². The lowest BCUT2D eigenvalue weighted by atomic mass is 10.2. The third-order valence-electron chi connectivity index (χ3n) is 2.48. The zero-order chi connectivity index (χ0) is 11.9. The lowest BCUT2D eigenvalue weighted by Crippen LogP contribution is -2.05. The van der Waals surface area contributed by atoms with Crippen LogP contribution in [-0.4, -0.2) is 23.6 Å². The van der Waals surface area contributed by atoms with Crippen molar-refractivity contribution in [3.63, 3.8) is 0 Å². The van der Waals surface area contributed by atoms with Gasteiger partial charge in [0.05, 0.1) is 0 Å². The summed E-state index contributed by atoms with van der Waals surface area (Å²) in [4.78, 5) is 8.25. The minimum atomic E-state index is 0.872. The molecule has 0 saturated heterocycles. The van der Waals surface area contributed by atoms with Crippen molar-refractivity contribution in [1.29, 1.82) is 0 Å². The van der Waals surface area contributed by atoms with Crippen molar-refractivity contribution in [2.24, 2.45) is 0 Å². The van der Waals surface area contributed by atoms with E-state index in [1.165, 1.54) is 5.56 Å². The van der Waals surface area contributed by atoms with Crippen LogP contribution in [0.15, 0.2) is 42.9 Å². The van der Waals surface area contributed by atoms with Crippen molar-refractivity contribution in [2.45, 2.75) is 6.42 Å². The third-order valence-corrected chi connectivity index (χ3v) is 2.48. The molecular formula is C13H16N4. The second-order valence-corrected chi connectivity index (χ2v) is 3.72. The van der Waals surface area contributed by atoms with Crippen molar-refractivity contribution in [2.75, 3.05) is 24.2 Å². The maximum Gasteiger partial charge on any atom is 0.127 e. The summed E-state index contributed by atoms with van der Waals surface area (Å²) >= 11 is 0. The molecule has 2 heterocycles. The summed E-state index contributed by atoms with van der Waals surface area (Å²) in [6.07, 6.45) is 6.44. The van der Waals surface area contributed by atoms with Crippen LogP contribution in [0.5, 0.6) is 0 Å². The number of nitrogens with zero attached hydrogens (tertiary/aromatic N) is 2. The Morgan fingerprint density at radius 3 is 2.94 bits per heavy atom. The molecule has 2 N–H and O–H groups in total. The fraction of sp³-hybridized carbons (Fsp3) is 0.231. The van der Waals surface area contributed by atoms with Crippen LogP contribution >= 0.6 is 0 Å². The molecule has 0 spiro atoms. The highest BCUT2D eigenvalue weighted by Gasteiger charge is 1.95. The molecular weight excluding hydrogens is 212 g/mol. The van der Waals surface area contributed by atoms with Crippen LogP contribution in [0.3, 0.4) is 0 Å². The van der Waals surface area contributed by atoms with Crippen LogP contribution < -0.4 is 10.6 Å². The average Bonchev–Trinajstić information content (AvgIpc) is 2.40. The van der Waals surface area contributed by atoms with Gasteiger partial charge in [0.25, 0.3) is 0 Å². The summed E-state index contributed by atoms with van der Waals surface area (Å²) in [7, 11) is 1.86. The Labute approximate surface area is 101 Å². The fourth-order valence-electron chi connectivity index (χ4n) is 1.57. The predicted molar refractivity (Wildman–Crippen MR) is 70.2 cm³/mol. The van der Waals surface area contributed by atoms with E-state index in [4.69, 9.17) is 0 Å². The van der Waals surface area contributed by atoms with E-state index in [1.807, 2.05) is 31.4 Å². The number of rotatable bonds is 5. The molecule has 0 bridgehead atoms.